The van der Waals surface area contributed by atoms with Crippen molar-refractivity contribution in [3.05, 3.63) is 83.4 Å². The lowest BCUT2D eigenvalue weighted by Gasteiger charge is -2.08. The van der Waals surface area contributed by atoms with E-state index >= 15 is 0 Å². The molecule has 5 nitrogen and oxygen atoms in total. The van der Waals surface area contributed by atoms with E-state index in [0.29, 0.717) is 11.6 Å². The maximum Gasteiger partial charge on any atom is 0.234 e. The van der Waals surface area contributed by atoms with Gasteiger partial charge in [-0.3, -0.25) is 9.59 Å². The number of carbonyl (C=O) groups excluding carboxylic acids is 2. The van der Waals surface area contributed by atoms with Crippen LogP contribution in [0.3, 0.4) is 0 Å². The van der Waals surface area contributed by atoms with Crippen molar-refractivity contribution >= 4 is 57.1 Å². The summed E-state index contributed by atoms with van der Waals surface area (Å²) in [5.41, 5.74) is 3.52. The fourth-order valence-electron chi connectivity index (χ4n) is 3.40. The molecule has 1 heterocycles. The van der Waals surface area contributed by atoms with E-state index in [0.717, 1.165) is 26.5 Å². The summed E-state index contributed by atoms with van der Waals surface area (Å²) >= 11 is 2.82. The number of rotatable bonds is 8. The molecule has 3 aromatic carbocycles. The van der Waals surface area contributed by atoms with Gasteiger partial charge in [0, 0.05) is 22.1 Å². The smallest absolute Gasteiger partial charge is 0.234 e. The Balaban J connectivity index is 1.27. The first-order valence-electron chi connectivity index (χ1n) is 10.7. The quantitative estimate of drug-likeness (QED) is 0.292. The number of nitrogens with zero attached hydrogens (tertiary/aromatic N) is 1. The molecule has 4 aromatic rings. The third-order valence-corrected chi connectivity index (χ3v) is 7.19. The fourth-order valence-corrected chi connectivity index (χ4v) is 5.05. The molecule has 7 heteroatoms. The largest absolute Gasteiger partial charge is 0.326 e. The van der Waals surface area contributed by atoms with Crippen LogP contribution in [0.2, 0.25) is 0 Å². The third-order valence-electron chi connectivity index (χ3n) is 5.12. The minimum atomic E-state index is -0.108. The number of benzene rings is 3. The minimum Gasteiger partial charge on any atom is -0.326 e. The lowest BCUT2D eigenvalue weighted by molar-refractivity contribution is -0.116. The number of anilines is 2. The summed E-state index contributed by atoms with van der Waals surface area (Å²) in [7, 11) is 0. The second-order valence-corrected chi connectivity index (χ2v) is 10.1. The third kappa shape index (κ3) is 6.21. The summed E-state index contributed by atoms with van der Waals surface area (Å²) in [4.78, 5) is 29.3. The molecule has 0 atom stereocenters. The van der Waals surface area contributed by atoms with Crippen molar-refractivity contribution in [3.63, 3.8) is 0 Å². The average molecular weight is 476 g/mol. The van der Waals surface area contributed by atoms with Crippen LogP contribution < -0.4 is 10.6 Å². The van der Waals surface area contributed by atoms with Gasteiger partial charge in [-0.2, -0.15) is 0 Å². The fraction of sp³-hybridized carbons (Fsp3) is 0.192. The van der Waals surface area contributed by atoms with Crippen LogP contribution in [0, 0.1) is 0 Å². The van der Waals surface area contributed by atoms with Crippen LogP contribution in [0.5, 0.6) is 0 Å². The average Bonchev–Trinajstić information content (AvgIpc) is 3.25. The zero-order chi connectivity index (χ0) is 23.2. The SMILES string of the molecule is CC(C)c1ccc(NC(=O)Cc2csc(SCC(=O)Nc3cccc4ccccc34)n2)cc1. The Labute approximate surface area is 201 Å². The van der Waals surface area contributed by atoms with Gasteiger partial charge in [-0.1, -0.05) is 74.1 Å². The minimum absolute atomic E-state index is 0.0873. The summed E-state index contributed by atoms with van der Waals surface area (Å²) in [6.07, 6.45) is 0.200. The molecule has 0 spiro atoms. The van der Waals surface area contributed by atoms with Gasteiger partial charge in [0.1, 0.15) is 0 Å². The topological polar surface area (TPSA) is 71.1 Å². The molecule has 0 aliphatic carbocycles. The summed E-state index contributed by atoms with van der Waals surface area (Å²) in [5.74, 6) is 0.512. The Morgan fingerprint density at radius 1 is 0.939 bits per heavy atom. The Morgan fingerprint density at radius 3 is 2.48 bits per heavy atom. The molecule has 168 valence electrons. The van der Waals surface area contributed by atoms with E-state index in [-0.39, 0.29) is 24.0 Å². The molecule has 2 N–H and O–H groups in total. The molecule has 0 radical (unpaired) electrons. The molecule has 0 bridgehead atoms. The van der Waals surface area contributed by atoms with E-state index in [1.807, 2.05) is 72.1 Å². The number of fused-ring (bicyclic) bond motifs is 1. The van der Waals surface area contributed by atoms with E-state index in [2.05, 4.69) is 29.5 Å². The maximum absolute atomic E-state index is 12.5. The van der Waals surface area contributed by atoms with Gasteiger partial charge in [0.25, 0.3) is 0 Å². The molecular formula is C26H25N3O2S2. The first kappa shape index (κ1) is 23.0. The number of amides is 2. The lowest BCUT2D eigenvalue weighted by Crippen LogP contribution is -2.15. The van der Waals surface area contributed by atoms with E-state index in [1.165, 1.54) is 28.7 Å². The van der Waals surface area contributed by atoms with Crippen molar-refractivity contribution < 1.29 is 9.59 Å². The molecule has 0 fully saturated rings. The Bertz CT molecular complexity index is 1260. The van der Waals surface area contributed by atoms with Gasteiger partial charge >= 0.3 is 0 Å². The highest BCUT2D eigenvalue weighted by atomic mass is 32.2. The maximum atomic E-state index is 12.5. The van der Waals surface area contributed by atoms with Crippen molar-refractivity contribution in [2.75, 3.05) is 16.4 Å². The summed E-state index contributed by atoms with van der Waals surface area (Å²) in [6, 6.07) is 21.7. The van der Waals surface area contributed by atoms with Crippen molar-refractivity contribution in [1.82, 2.24) is 4.98 Å². The van der Waals surface area contributed by atoms with E-state index in [4.69, 9.17) is 0 Å². The van der Waals surface area contributed by atoms with Gasteiger partial charge in [-0.15, -0.1) is 11.3 Å². The number of thiazole rings is 1. The van der Waals surface area contributed by atoms with Gasteiger partial charge < -0.3 is 10.6 Å². The second-order valence-electron chi connectivity index (χ2n) is 7.97. The highest BCUT2D eigenvalue weighted by Gasteiger charge is 2.11. The van der Waals surface area contributed by atoms with Crippen LogP contribution in [-0.2, 0) is 16.0 Å². The standard InChI is InChI=1S/C26H25N3O2S2/c1-17(2)18-10-12-20(13-11-18)27-24(30)14-21-15-32-26(28-21)33-16-25(31)29-23-9-5-7-19-6-3-4-8-22(19)23/h3-13,15,17H,14,16H2,1-2H3,(H,27,30)(H,29,31). The number of hydrogen-bond acceptors (Lipinski definition) is 5. The number of hydrogen-bond donors (Lipinski definition) is 2. The Morgan fingerprint density at radius 2 is 1.70 bits per heavy atom. The van der Waals surface area contributed by atoms with Crippen molar-refractivity contribution in [2.45, 2.75) is 30.5 Å². The molecule has 0 unspecified atom stereocenters. The highest BCUT2D eigenvalue weighted by molar-refractivity contribution is 8.01. The van der Waals surface area contributed by atoms with Gasteiger partial charge in [0.05, 0.1) is 17.9 Å². The Hall–Kier alpha value is -3.16. The highest BCUT2D eigenvalue weighted by Crippen LogP contribution is 2.26. The number of aromatic nitrogens is 1. The number of nitrogens with one attached hydrogen (secondary N) is 2. The second kappa shape index (κ2) is 10.6. The van der Waals surface area contributed by atoms with E-state index < -0.39 is 0 Å². The summed E-state index contributed by atoms with van der Waals surface area (Å²) < 4.78 is 0.771. The van der Waals surface area contributed by atoms with E-state index in [9.17, 15) is 9.59 Å². The predicted molar refractivity (Wildman–Crippen MR) is 138 cm³/mol. The molecule has 33 heavy (non-hydrogen) atoms. The summed E-state index contributed by atoms with van der Waals surface area (Å²) in [5, 5.41) is 9.86. The van der Waals surface area contributed by atoms with Crippen LogP contribution in [0.15, 0.2) is 76.4 Å². The van der Waals surface area contributed by atoms with Crippen molar-refractivity contribution in [1.29, 1.82) is 0 Å². The van der Waals surface area contributed by atoms with Crippen molar-refractivity contribution in [3.8, 4) is 0 Å². The van der Waals surface area contributed by atoms with Gasteiger partial charge in [-0.25, -0.2) is 4.98 Å². The zero-order valence-electron chi connectivity index (χ0n) is 18.5. The lowest BCUT2D eigenvalue weighted by atomic mass is 10.0. The number of carbonyl (C=O) groups is 2. The molecular weight excluding hydrogens is 450 g/mol. The van der Waals surface area contributed by atoms with Crippen LogP contribution in [-0.4, -0.2) is 22.6 Å². The molecule has 4 rings (SSSR count). The molecule has 0 saturated carbocycles. The predicted octanol–water partition coefficient (Wildman–Crippen LogP) is 6.33. The molecule has 2 amide bonds. The Kier molecular flexibility index (Phi) is 7.42. The van der Waals surface area contributed by atoms with Crippen LogP contribution in [0.25, 0.3) is 10.8 Å². The van der Waals surface area contributed by atoms with Crippen LogP contribution >= 0.6 is 23.1 Å². The van der Waals surface area contributed by atoms with E-state index in [1.54, 1.807) is 0 Å². The molecule has 0 aliphatic rings. The van der Waals surface area contributed by atoms with Crippen LogP contribution in [0.4, 0.5) is 11.4 Å². The monoisotopic (exact) mass is 475 g/mol. The van der Waals surface area contributed by atoms with Crippen LogP contribution in [0.1, 0.15) is 31.0 Å². The number of thioether (sulfide) groups is 1. The first-order valence-corrected chi connectivity index (χ1v) is 12.6. The van der Waals surface area contributed by atoms with Gasteiger partial charge in [-0.05, 0) is 35.1 Å². The molecule has 0 saturated heterocycles. The van der Waals surface area contributed by atoms with Gasteiger partial charge in [0.2, 0.25) is 11.8 Å². The normalized spacial score (nSPS) is 11.0. The summed E-state index contributed by atoms with van der Waals surface area (Å²) in [6.45, 7) is 4.28. The molecule has 0 aliphatic heterocycles. The zero-order valence-corrected chi connectivity index (χ0v) is 20.1. The molecule has 1 aromatic heterocycles. The van der Waals surface area contributed by atoms with Gasteiger partial charge in [0.15, 0.2) is 4.34 Å². The van der Waals surface area contributed by atoms with Crippen molar-refractivity contribution in [2.24, 2.45) is 0 Å². The first-order chi connectivity index (χ1) is 16.0.